The molecule has 5 nitrogen and oxygen atoms in total. The maximum Gasteiger partial charge on any atom is 0.211 e. The van der Waals surface area contributed by atoms with Gasteiger partial charge in [-0.05, 0) is 55.7 Å². The van der Waals surface area contributed by atoms with Gasteiger partial charge >= 0.3 is 0 Å². The molecule has 3 atom stereocenters. The zero-order valence-electron chi connectivity index (χ0n) is 15.0. The van der Waals surface area contributed by atoms with Gasteiger partial charge in [-0.2, -0.15) is 0 Å². The predicted octanol–water partition coefficient (Wildman–Crippen LogP) is 2.46. The van der Waals surface area contributed by atoms with Crippen molar-refractivity contribution in [3.8, 4) is 0 Å². The Kier molecular flexibility index (Phi) is 7.44. The van der Waals surface area contributed by atoms with Crippen LogP contribution in [0.4, 0.5) is 4.39 Å². The maximum atomic E-state index is 13.3. The lowest BCUT2D eigenvalue weighted by atomic mass is 9.90. The third kappa shape index (κ3) is 5.39. The monoisotopic (exact) mass is 406 g/mol. The van der Waals surface area contributed by atoms with Gasteiger partial charge in [-0.3, -0.25) is 0 Å². The predicted molar refractivity (Wildman–Crippen MR) is 102 cm³/mol. The van der Waals surface area contributed by atoms with Crippen LogP contribution in [0.3, 0.4) is 0 Å². The van der Waals surface area contributed by atoms with E-state index in [1.165, 1.54) is 18.4 Å². The summed E-state index contributed by atoms with van der Waals surface area (Å²) < 4.78 is 38.0. The molecule has 2 saturated heterocycles. The summed E-state index contributed by atoms with van der Waals surface area (Å²) in [4.78, 5) is 0. The number of hydrogen-bond acceptors (Lipinski definition) is 4. The maximum absolute atomic E-state index is 13.3. The van der Waals surface area contributed by atoms with Crippen LogP contribution in [0.1, 0.15) is 43.8 Å². The van der Waals surface area contributed by atoms with E-state index in [0.717, 1.165) is 32.1 Å². The van der Waals surface area contributed by atoms with Crippen LogP contribution in [0.2, 0.25) is 0 Å². The summed E-state index contributed by atoms with van der Waals surface area (Å²) in [5.74, 6) is 0.185. The summed E-state index contributed by atoms with van der Waals surface area (Å²) in [6.07, 6.45) is 5.21. The van der Waals surface area contributed by atoms with Gasteiger partial charge in [0.2, 0.25) is 10.0 Å². The van der Waals surface area contributed by atoms with Gasteiger partial charge in [0, 0.05) is 25.2 Å². The summed E-state index contributed by atoms with van der Waals surface area (Å²) in [5, 5.41) is 14.0. The fourth-order valence-electron chi connectivity index (χ4n) is 4.09. The molecule has 0 amide bonds. The molecule has 0 aromatic heterocycles. The van der Waals surface area contributed by atoms with Gasteiger partial charge in [0.05, 0.1) is 12.4 Å². The van der Waals surface area contributed by atoms with Crippen LogP contribution in [0.5, 0.6) is 0 Å². The molecule has 2 heterocycles. The van der Waals surface area contributed by atoms with Crippen LogP contribution in [0.15, 0.2) is 24.3 Å². The Bertz CT molecular complexity index is 695. The molecule has 0 saturated carbocycles. The van der Waals surface area contributed by atoms with Crippen molar-refractivity contribution in [2.24, 2.45) is 5.92 Å². The molecule has 1 aromatic rings. The highest BCUT2D eigenvalue weighted by Crippen LogP contribution is 2.31. The lowest BCUT2D eigenvalue weighted by molar-refractivity contribution is 0.133. The average molecular weight is 407 g/mol. The van der Waals surface area contributed by atoms with Crippen molar-refractivity contribution in [3.05, 3.63) is 35.6 Å². The zero-order valence-corrected chi connectivity index (χ0v) is 16.6. The van der Waals surface area contributed by atoms with E-state index in [4.69, 9.17) is 0 Å². The summed E-state index contributed by atoms with van der Waals surface area (Å²) >= 11 is 0. The van der Waals surface area contributed by atoms with Crippen molar-refractivity contribution < 1.29 is 17.9 Å². The first kappa shape index (κ1) is 21.6. The number of nitrogens with one attached hydrogen (secondary N) is 1. The Morgan fingerprint density at radius 3 is 2.58 bits per heavy atom. The number of hydrogen-bond donors (Lipinski definition) is 2. The largest absolute Gasteiger partial charge is 0.387 e. The molecule has 0 aliphatic carbocycles. The number of halogens is 2. The average Bonchev–Trinajstić information content (AvgIpc) is 3.02. The number of nitrogens with zero attached hydrogens (tertiary/aromatic N) is 1. The van der Waals surface area contributed by atoms with Crippen LogP contribution < -0.4 is 5.32 Å². The van der Waals surface area contributed by atoms with Crippen molar-refractivity contribution in [1.82, 2.24) is 9.62 Å². The molecule has 0 bridgehead atoms. The van der Waals surface area contributed by atoms with E-state index in [9.17, 15) is 17.9 Å². The molecule has 0 radical (unpaired) electrons. The van der Waals surface area contributed by atoms with Crippen LogP contribution in [0.25, 0.3) is 0 Å². The van der Waals surface area contributed by atoms with E-state index in [1.54, 1.807) is 16.4 Å². The molecule has 1 aromatic carbocycles. The van der Waals surface area contributed by atoms with Crippen molar-refractivity contribution in [3.63, 3.8) is 0 Å². The molecule has 2 aliphatic rings. The van der Waals surface area contributed by atoms with E-state index >= 15 is 0 Å². The van der Waals surface area contributed by atoms with Gasteiger partial charge < -0.3 is 10.4 Å². The van der Waals surface area contributed by atoms with Crippen LogP contribution >= 0.6 is 12.4 Å². The highest BCUT2D eigenvalue weighted by Gasteiger charge is 2.33. The minimum absolute atomic E-state index is 0. The van der Waals surface area contributed by atoms with Crippen molar-refractivity contribution >= 4 is 22.4 Å². The number of sulfonamides is 1. The second-order valence-electron chi connectivity index (χ2n) is 7.39. The number of benzene rings is 1. The quantitative estimate of drug-likeness (QED) is 0.788. The normalized spacial score (nSPS) is 26.4. The van der Waals surface area contributed by atoms with Gasteiger partial charge in [-0.1, -0.05) is 12.1 Å². The Morgan fingerprint density at radius 1 is 1.27 bits per heavy atom. The second-order valence-corrected chi connectivity index (χ2v) is 9.37. The SMILES string of the molecule is CS(=O)(=O)N1CCC(C[C@@H]2CC[C@H]([C@@H](O)c3cccc(F)c3)N2)CC1.Cl. The smallest absolute Gasteiger partial charge is 0.211 e. The Hall–Kier alpha value is -0.730. The molecule has 2 N–H and O–H groups in total. The highest BCUT2D eigenvalue weighted by atomic mass is 35.5. The third-order valence-electron chi connectivity index (χ3n) is 5.51. The number of aliphatic hydroxyl groups is 1. The zero-order chi connectivity index (χ0) is 18.0. The number of rotatable bonds is 5. The van der Waals surface area contributed by atoms with Crippen molar-refractivity contribution in [2.45, 2.75) is 50.3 Å². The second kappa shape index (κ2) is 8.97. The standard InChI is InChI=1S/C18H27FN2O3S.ClH/c1-25(23,24)21-9-7-13(8-10-21)11-16-5-6-17(20-16)18(22)14-3-2-4-15(19)12-14;/h2-4,12-13,16-18,20,22H,5-11H2,1H3;1H/t16-,17+,18-;/m0./s1. The highest BCUT2D eigenvalue weighted by molar-refractivity contribution is 7.88. The number of piperidine rings is 1. The van der Waals surface area contributed by atoms with Crippen LogP contribution in [-0.4, -0.2) is 49.3 Å². The molecule has 26 heavy (non-hydrogen) atoms. The van der Waals surface area contributed by atoms with Gasteiger partial charge in [0.25, 0.3) is 0 Å². The molecule has 2 aliphatic heterocycles. The van der Waals surface area contributed by atoms with E-state index in [1.807, 2.05) is 0 Å². The lowest BCUT2D eigenvalue weighted by Gasteiger charge is -2.31. The lowest BCUT2D eigenvalue weighted by Crippen LogP contribution is -2.40. The van der Waals surface area contributed by atoms with E-state index in [0.29, 0.717) is 30.6 Å². The summed E-state index contributed by atoms with van der Waals surface area (Å²) in [6, 6.07) is 6.43. The molecule has 3 rings (SSSR count). The van der Waals surface area contributed by atoms with Gasteiger partial charge in [-0.15, -0.1) is 12.4 Å². The van der Waals surface area contributed by atoms with Crippen LogP contribution in [-0.2, 0) is 10.0 Å². The minimum atomic E-state index is -3.08. The third-order valence-corrected chi connectivity index (χ3v) is 6.81. The van der Waals surface area contributed by atoms with E-state index < -0.39 is 16.1 Å². The van der Waals surface area contributed by atoms with Crippen molar-refractivity contribution in [1.29, 1.82) is 0 Å². The van der Waals surface area contributed by atoms with Crippen molar-refractivity contribution in [2.75, 3.05) is 19.3 Å². The Morgan fingerprint density at radius 2 is 1.96 bits per heavy atom. The molecule has 2 fully saturated rings. The molecular formula is C18H28ClFN2O3S. The van der Waals surface area contributed by atoms with Gasteiger partial charge in [-0.25, -0.2) is 17.1 Å². The molecule has 0 unspecified atom stereocenters. The van der Waals surface area contributed by atoms with E-state index in [2.05, 4.69) is 5.32 Å². The first-order valence-corrected chi connectivity index (χ1v) is 10.8. The first-order valence-electron chi connectivity index (χ1n) is 8.97. The van der Waals surface area contributed by atoms with Gasteiger partial charge in [0.15, 0.2) is 0 Å². The number of aliphatic hydroxyl groups excluding tert-OH is 1. The summed E-state index contributed by atoms with van der Waals surface area (Å²) in [7, 11) is -3.08. The molecule has 8 heteroatoms. The fourth-order valence-corrected chi connectivity index (χ4v) is 4.96. The molecule has 0 spiro atoms. The molecular weight excluding hydrogens is 379 g/mol. The van der Waals surface area contributed by atoms with Gasteiger partial charge in [0.1, 0.15) is 5.82 Å². The fraction of sp³-hybridized carbons (Fsp3) is 0.667. The summed E-state index contributed by atoms with van der Waals surface area (Å²) in [6.45, 7) is 1.21. The topological polar surface area (TPSA) is 69.6 Å². The van der Waals surface area contributed by atoms with Crippen LogP contribution in [0, 0.1) is 11.7 Å². The Balaban J connectivity index is 0.00000243. The molecule has 148 valence electrons. The first-order chi connectivity index (χ1) is 11.8. The van der Waals surface area contributed by atoms with E-state index in [-0.39, 0.29) is 24.3 Å². The summed E-state index contributed by atoms with van der Waals surface area (Å²) in [5.41, 5.74) is 0.611. The minimum Gasteiger partial charge on any atom is -0.387 e. The Labute approximate surface area is 161 Å².